The van der Waals surface area contributed by atoms with Gasteiger partial charge in [-0.25, -0.2) is 8.42 Å². The molecule has 0 amide bonds. The fourth-order valence-corrected chi connectivity index (χ4v) is 22.8. The van der Waals surface area contributed by atoms with E-state index < -0.39 is 99.2 Å². The number of hydrogen-bond acceptors (Lipinski definition) is 14. The summed E-state index contributed by atoms with van der Waals surface area (Å²) in [7, 11) is -16.1. The van der Waals surface area contributed by atoms with Crippen molar-refractivity contribution in [3.05, 3.63) is 64.3 Å². The summed E-state index contributed by atoms with van der Waals surface area (Å²) in [5.41, 5.74) is 3.26. The lowest BCUT2D eigenvalue weighted by Gasteiger charge is -2.56. The van der Waals surface area contributed by atoms with Crippen LogP contribution in [0.4, 0.5) is 0 Å². The maximum Gasteiger partial charge on any atom is 0.193 e. The van der Waals surface area contributed by atoms with Crippen LogP contribution < -0.4 is 0 Å². The zero-order valence-electron chi connectivity index (χ0n) is 67.8. The topological polar surface area (TPSA) is 145 Å². The Labute approximate surface area is 629 Å². The molecule has 0 bridgehead atoms. The quantitative estimate of drug-likeness (QED) is 0.0409. The van der Waals surface area contributed by atoms with Crippen molar-refractivity contribution in [3.63, 3.8) is 0 Å². The summed E-state index contributed by atoms with van der Waals surface area (Å²) in [6.45, 7) is 73.0. The van der Waals surface area contributed by atoms with Crippen LogP contribution in [-0.2, 0) is 71.5 Å². The van der Waals surface area contributed by atoms with Gasteiger partial charge in [-0.1, -0.05) is 166 Å². The second kappa shape index (κ2) is 33.9. The van der Waals surface area contributed by atoms with Crippen LogP contribution in [-0.4, -0.2) is 167 Å². The van der Waals surface area contributed by atoms with E-state index in [-0.39, 0.29) is 86.2 Å². The van der Waals surface area contributed by atoms with Crippen LogP contribution in [0.3, 0.4) is 0 Å². The van der Waals surface area contributed by atoms with Crippen molar-refractivity contribution in [3.8, 4) is 0 Å². The normalized spacial score (nSPS) is 30.4. The van der Waals surface area contributed by atoms with Gasteiger partial charge in [0, 0.05) is 25.2 Å². The van der Waals surface area contributed by atoms with Crippen LogP contribution in [0.15, 0.2) is 63.6 Å². The van der Waals surface area contributed by atoms with Gasteiger partial charge in [0.25, 0.3) is 0 Å². The van der Waals surface area contributed by atoms with Crippen LogP contribution in [0.25, 0.3) is 0 Å². The smallest absolute Gasteiger partial charge is 0.193 e. The Hall–Kier alpha value is -0.276. The van der Waals surface area contributed by atoms with Crippen molar-refractivity contribution < 1.29 is 63.7 Å². The minimum Gasteiger partial charge on any atom is -0.414 e. The van der Waals surface area contributed by atoms with Crippen LogP contribution in [0.2, 0.25) is 90.7 Å². The Morgan fingerprint density at radius 2 is 1.16 bits per heavy atom. The van der Waals surface area contributed by atoms with E-state index >= 15 is 8.42 Å². The van der Waals surface area contributed by atoms with Gasteiger partial charge in [-0.05, 0) is 206 Å². The highest BCUT2D eigenvalue weighted by Crippen LogP contribution is 2.51. The van der Waals surface area contributed by atoms with Crippen LogP contribution in [0, 0.1) is 11.8 Å². The molecule has 6 fully saturated rings. The third kappa shape index (κ3) is 21.8. The molecule has 6 aliphatic rings. The molecule has 576 valence electrons. The fourth-order valence-electron chi connectivity index (χ4n) is 14.1. The number of rotatable bonds is 30. The van der Waals surface area contributed by atoms with Gasteiger partial charge >= 0.3 is 0 Å². The first-order chi connectivity index (χ1) is 45.8. The minimum absolute atomic E-state index is 0.00738. The number of aryl methyl sites for hydroxylation is 1. The van der Waals surface area contributed by atoms with E-state index in [9.17, 15) is 0 Å². The summed E-state index contributed by atoms with van der Waals surface area (Å²) in [4.78, 5) is 0.337. The summed E-state index contributed by atoms with van der Waals surface area (Å²) < 4.78 is 121. The predicted molar refractivity (Wildman–Crippen MR) is 431 cm³/mol. The lowest BCUT2D eigenvalue weighted by atomic mass is 9.82. The molecule has 1 aromatic carbocycles. The average molecular weight is 1620 g/mol. The molecule has 0 saturated carbocycles. The first kappa shape index (κ1) is 87.0. The molecule has 6 aliphatic heterocycles. The number of ether oxygens (including phenoxy) is 7. The highest BCUT2D eigenvalue weighted by molar-refractivity contribution is 14.1. The molecule has 17 atom stereocenters. The highest BCUT2D eigenvalue weighted by Gasteiger charge is 2.59. The predicted octanol–water partition coefficient (Wildman–Crippen LogP) is 20.6. The first-order valence-electron chi connectivity index (χ1n) is 38.6. The third-order valence-corrected chi connectivity index (χ3v) is 51.1. The SMILES string of the molecule is C=C1C[C@H](CCC2OCCO2)O[C@H]1CC[C@H]1C[C@H](C)C(=C)[C@@H](C[C@@H]2O[C@H](C[C@@H](CO[Si](C)(C)C(C)(C)C)O[Si](C)(C)C(C)(C)C)C[C@H]2C(CC[C@H]2CC[C@@H]3OC([C@H](/C=C/I)O[Si](C)(C)C(C)(C)C)C(O[Si](C)(C)C(C)(C)C)C(O[Si](C)(C)C(C)(C)C)C3O2)S(=O)(=O)c2ccc(CC)cc2)O1. The van der Waals surface area contributed by atoms with E-state index in [1.807, 2.05) is 24.3 Å². The number of benzene rings is 1. The maximum absolute atomic E-state index is 16.3. The summed E-state index contributed by atoms with van der Waals surface area (Å²) in [6, 6.07) is 7.64. The van der Waals surface area contributed by atoms with E-state index in [0.717, 1.165) is 61.7 Å². The average Bonchev–Trinajstić information content (AvgIpc) is 0.881. The Morgan fingerprint density at radius 3 is 1.72 bits per heavy atom. The largest absolute Gasteiger partial charge is 0.414 e. The molecule has 1 aromatic rings. The molecule has 0 aromatic heterocycles. The lowest BCUT2D eigenvalue weighted by Crippen LogP contribution is -2.69. The molecular formula is C79H143IO14SSi5. The Balaban J connectivity index is 1.27. The van der Waals surface area contributed by atoms with E-state index in [0.29, 0.717) is 69.7 Å². The van der Waals surface area contributed by atoms with Crippen LogP contribution >= 0.6 is 22.6 Å². The molecule has 7 rings (SSSR count). The molecule has 0 aliphatic carbocycles. The van der Waals surface area contributed by atoms with Gasteiger partial charge in [0.05, 0.1) is 91.0 Å². The number of halogens is 1. The third-order valence-electron chi connectivity index (χ3n) is 25.9. The minimum atomic E-state index is -4.02. The molecular weight excluding hydrogens is 1470 g/mol. The number of hydrogen-bond donors (Lipinski definition) is 0. The summed E-state index contributed by atoms with van der Waals surface area (Å²) in [5.74, 6) is -0.232. The fraction of sp³-hybridized carbons (Fsp3) is 0.848. The molecule has 0 N–H and O–H groups in total. The van der Waals surface area contributed by atoms with E-state index in [4.69, 9.17) is 61.9 Å². The van der Waals surface area contributed by atoms with Gasteiger partial charge in [-0.2, -0.15) is 0 Å². The number of fused-ring (bicyclic) bond motifs is 1. The van der Waals surface area contributed by atoms with Crippen molar-refractivity contribution in [1.29, 1.82) is 0 Å². The first-order valence-corrected chi connectivity index (χ1v) is 56.0. The van der Waals surface area contributed by atoms with Crippen molar-refractivity contribution in [1.82, 2.24) is 0 Å². The van der Waals surface area contributed by atoms with Gasteiger partial charge in [0.2, 0.25) is 0 Å². The van der Waals surface area contributed by atoms with Gasteiger partial charge in [-0.3, -0.25) is 0 Å². The molecule has 6 heterocycles. The van der Waals surface area contributed by atoms with Gasteiger partial charge < -0.3 is 55.3 Å². The summed E-state index contributed by atoms with van der Waals surface area (Å²) in [5, 5.41) is -1.21. The molecule has 0 radical (unpaired) electrons. The zero-order chi connectivity index (χ0) is 75.0. The monoisotopic (exact) mass is 1610 g/mol. The summed E-state index contributed by atoms with van der Waals surface area (Å²) >= 11 is 2.33. The molecule has 21 heteroatoms. The molecule has 6 saturated heterocycles. The highest BCUT2D eigenvalue weighted by atomic mass is 127. The van der Waals surface area contributed by atoms with E-state index in [1.165, 1.54) is 0 Å². The number of sulfone groups is 1. The van der Waals surface area contributed by atoms with E-state index in [1.54, 1.807) is 0 Å². The lowest BCUT2D eigenvalue weighted by molar-refractivity contribution is -0.267. The zero-order valence-corrected chi connectivity index (χ0v) is 75.8. The summed E-state index contributed by atoms with van der Waals surface area (Å²) in [6.07, 6.45) is 7.24. The van der Waals surface area contributed by atoms with Crippen molar-refractivity contribution in [2.24, 2.45) is 11.8 Å². The molecule has 100 heavy (non-hydrogen) atoms. The van der Waals surface area contributed by atoms with Crippen molar-refractivity contribution in [2.45, 2.75) is 400 Å². The van der Waals surface area contributed by atoms with Gasteiger partial charge in [0.15, 0.2) is 57.7 Å². The molecule has 14 nitrogen and oxygen atoms in total. The Bertz CT molecular complexity index is 2960. The Kier molecular flexibility index (Phi) is 29.5. The van der Waals surface area contributed by atoms with Gasteiger partial charge in [0.1, 0.15) is 24.4 Å². The van der Waals surface area contributed by atoms with E-state index in [2.05, 4.69) is 223 Å². The van der Waals surface area contributed by atoms with Crippen molar-refractivity contribution >= 4 is 74.0 Å². The second-order valence-corrected chi connectivity index (χ2v) is 65.3. The maximum atomic E-state index is 16.3. The Morgan fingerprint density at radius 1 is 0.610 bits per heavy atom. The standard InChI is InChI=1S/C79H143IO14SSi5/c1-30-56-31-37-62(38-32-56)95(81,82)69(41-35-57-33-40-65-71(89-57)73(93-99(26,27)78(14,15)16)74(94-100(28,29)79(17,18)19)72(90-65)66(43-44-80)92-98(24,25)77(11,12)13)63-50-60(49-61(91-97(22,23)76(8,9)10)52-85-96(20,21)75(5,6)7)88-68(63)51-67-55(4)53(2)47-58(87-67)34-39-64-54(3)48-59(86-64)36-42-70-83-45-46-84-70/h31-32,37-38,43-44,53,57-61,63-74H,3-4,30,33-36,39-42,45-52H2,1-2,5-29H3/b44-43+/t53-,57+,58-,59-,60+,61-,63+,64-,65-,66-,67+,68-,69?,71?,72?,73?,74?/m0/s1. The van der Waals surface area contributed by atoms with Gasteiger partial charge in [-0.15, -0.1) is 0 Å². The second-order valence-electron chi connectivity index (χ2n) is 38.6. The molecule has 0 spiro atoms. The molecule has 5 unspecified atom stereocenters. The van der Waals surface area contributed by atoms with Crippen LogP contribution in [0.5, 0.6) is 0 Å². The van der Waals surface area contributed by atoms with Crippen LogP contribution in [0.1, 0.15) is 207 Å². The van der Waals surface area contributed by atoms with Crippen molar-refractivity contribution in [2.75, 3.05) is 19.8 Å².